The third-order valence-electron chi connectivity index (χ3n) is 5.83. The fraction of sp³-hybridized carbons (Fsp3) is 0.400. The zero-order valence-electron chi connectivity index (χ0n) is 16.0. The van der Waals surface area contributed by atoms with Gasteiger partial charge in [0.2, 0.25) is 11.9 Å². The number of piperidine rings is 1. The summed E-state index contributed by atoms with van der Waals surface area (Å²) in [6.45, 7) is 2.10. The highest BCUT2D eigenvalue weighted by Crippen LogP contribution is 2.46. The number of rotatable bonds is 3. The van der Waals surface area contributed by atoms with Gasteiger partial charge >= 0.3 is 0 Å². The number of aromatic nitrogens is 4. The van der Waals surface area contributed by atoms with Gasteiger partial charge in [-0.2, -0.15) is 0 Å². The van der Waals surface area contributed by atoms with E-state index in [9.17, 15) is 4.79 Å². The molecule has 1 amide bonds. The molecule has 0 bridgehead atoms. The Labute approximate surface area is 172 Å². The van der Waals surface area contributed by atoms with E-state index >= 15 is 0 Å². The number of ether oxygens (including phenoxy) is 1. The lowest BCUT2D eigenvalue weighted by Gasteiger charge is -2.44. The summed E-state index contributed by atoms with van der Waals surface area (Å²) in [6.07, 6.45) is 2.54. The van der Waals surface area contributed by atoms with Crippen LogP contribution in [-0.2, 0) is 28.1 Å². The molecule has 0 saturated carbocycles. The third kappa shape index (κ3) is 3.30. The lowest BCUT2D eigenvalue weighted by molar-refractivity contribution is -0.141. The Morgan fingerprint density at radius 3 is 2.76 bits per heavy atom. The van der Waals surface area contributed by atoms with Crippen LogP contribution in [0.4, 0.5) is 5.95 Å². The van der Waals surface area contributed by atoms with Gasteiger partial charge in [0.15, 0.2) is 0 Å². The number of likely N-dealkylation sites (tertiary alicyclic amines) is 1. The van der Waals surface area contributed by atoms with Gasteiger partial charge in [-0.25, -0.2) is 4.68 Å². The van der Waals surface area contributed by atoms with Gasteiger partial charge in [0.1, 0.15) is 6.54 Å². The van der Waals surface area contributed by atoms with Crippen molar-refractivity contribution in [3.8, 4) is 10.4 Å². The Morgan fingerprint density at radius 1 is 1.24 bits per heavy atom. The Balaban J connectivity index is 1.33. The molecule has 0 atom stereocenters. The first-order valence-electron chi connectivity index (χ1n) is 9.77. The average molecular weight is 411 g/mol. The van der Waals surface area contributed by atoms with Crippen LogP contribution in [0.1, 0.15) is 23.3 Å². The number of hydrogen-bond acceptors (Lipinski definition) is 7. The van der Waals surface area contributed by atoms with Crippen molar-refractivity contribution in [3.63, 3.8) is 0 Å². The maximum atomic E-state index is 12.6. The molecule has 29 heavy (non-hydrogen) atoms. The molecule has 0 aliphatic carbocycles. The molecule has 0 radical (unpaired) electrons. The summed E-state index contributed by atoms with van der Waals surface area (Å²) in [6, 6.07) is 12.8. The van der Waals surface area contributed by atoms with Crippen molar-refractivity contribution in [1.29, 1.82) is 0 Å². The Morgan fingerprint density at radius 2 is 2.03 bits per heavy atom. The van der Waals surface area contributed by atoms with E-state index in [0.717, 1.165) is 25.9 Å². The summed E-state index contributed by atoms with van der Waals surface area (Å²) in [5, 5.41) is 10.9. The van der Waals surface area contributed by atoms with Gasteiger partial charge in [-0.15, -0.1) is 11.3 Å². The van der Waals surface area contributed by atoms with Gasteiger partial charge in [-0.1, -0.05) is 35.4 Å². The number of benzene rings is 1. The van der Waals surface area contributed by atoms with Crippen molar-refractivity contribution in [3.05, 3.63) is 46.8 Å². The van der Waals surface area contributed by atoms with E-state index < -0.39 is 0 Å². The summed E-state index contributed by atoms with van der Waals surface area (Å²) in [5.74, 6) is 0.129. The monoisotopic (exact) mass is 410 g/mol. The van der Waals surface area contributed by atoms with Gasteiger partial charge in [0.05, 0.1) is 12.2 Å². The van der Waals surface area contributed by atoms with Crippen LogP contribution in [0.5, 0.6) is 0 Å². The lowest BCUT2D eigenvalue weighted by Crippen LogP contribution is -2.48. The van der Waals surface area contributed by atoms with E-state index in [2.05, 4.69) is 45.9 Å². The number of tetrazole rings is 1. The van der Waals surface area contributed by atoms with E-state index in [0.29, 0.717) is 13.1 Å². The van der Waals surface area contributed by atoms with Crippen LogP contribution in [0.2, 0.25) is 0 Å². The number of hydrogen-bond donors (Lipinski definition) is 1. The van der Waals surface area contributed by atoms with Crippen LogP contribution in [0.3, 0.4) is 0 Å². The molecule has 8 nitrogen and oxygen atoms in total. The number of nitrogen functional groups attached to an aromatic ring is 1. The number of amides is 1. The molecule has 1 spiro atoms. The molecule has 2 aliphatic heterocycles. The summed E-state index contributed by atoms with van der Waals surface area (Å²) >= 11 is 1.87. The zero-order valence-corrected chi connectivity index (χ0v) is 16.8. The molecule has 2 N–H and O–H groups in total. The maximum absolute atomic E-state index is 12.6. The van der Waals surface area contributed by atoms with E-state index in [1.54, 1.807) is 0 Å². The van der Waals surface area contributed by atoms with Crippen molar-refractivity contribution >= 4 is 23.2 Å². The summed E-state index contributed by atoms with van der Waals surface area (Å²) in [5.41, 5.74) is 7.93. The highest BCUT2D eigenvalue weighted by Gasteiger charge is 2.42. The van der Waals surface area contributed by atoms with Crippen LogP contribution in [-0.4, -0.2) is 50.7 Å². The molecule has 1 fully saturated rings. The number of fused-ring (bicyclic) bond motifs is 2. The van der Waals surface area contributed by atoms with Crippen LogP contribution in [0.15, 0.2) is 36.4 Å². The Bertz CT molecular complexity index is 1020. The normalized spacial score (nSPS) is 18.0. The smallest absolute Gasteiger partial charge is 0.244 e. The zero-order chi connectivity index (χ0) is 19.8. The molecule has 9 heteroatoms. The molecule has 2 aliphatic rings. The SMILES string of the molecule is Nc1nnnn1CC(=O)N1CCC2(CC1)OCCc1sc(-c3ccccc3)cc12. The highest BCUT2D eigenvalue weighted by atomic mass is 32.1. The lowest BCUT2D eigenvalue weighted by atomic mass is 9.82. The second-order valence-electron chi connectivity index (χ2n) is 7.48. The van der Waals surface area contributed by atoms with E-state index in [4.69, 9.17) is 10.5 Å². The first-order chi connectivity index (χ1) is 14.1. The second kappa shape index (κ2) is 7.23. The Hall–Kier alpha value is -2.78. The summed E-state index contributed by atoms with van der Waals surface area (Å²) < 4.78 is 7.67. The van der Waals surface area contributed by atoms with Gasteiger partial charge < -0.3 is 15.4 Å². The first-order valence-corrected chi connectivity index (χ1v) is 10.6. The van der Waals surface area contributed by atoms with Crippen LogP contribution in [0, 0.1) is 0 Å². The molecule has 4 heterocycles. The largest absolute Gasteiger partial charge is 0.370 e. The van der Waals surface area contributed by atoms with Gasteiger partial charge in [-0.05, 0) is 40.5 Å². The van der Waals surface area contributed by atoms with Crippen molar-refractivity contribution in [1.82, 2.24) is 25.1 Å². The molecule has 150 valence electrons. The first kappa shape index (κ1) is 18.3. The molecule has 0 unspecified atom stereocenters. The fourth-order valence-electron chi connectivity index (χ4n) is 4.24. The molecular weight excluding hydrogens is 388 g/mol. The van der Waals surface area contributed by atoms with Crippen LogP contribution in [0.25, 0.3) is 10.4 Å². The maximum Gasteiger partial charge on any atom is 0.244 e. The number of carbonyl (C=O) groups is 1. The van der Waals surface area contributed by atoms with Gasteiger partial charge in [0, 0.05) is 29.3 Å². The third-order valence-corrected chi connectivity index (χ3v) is 7.08. The Kier molecular flexibility index (Phi) is 4.56. The minimum Gasteiger partial charge on any atom is -0.370 e. The van der Waals surface area contributed by atoms with Gasteiger partial charge in [0.25, 0.3) is 0 Å². The average Bonchev–Trinajstić information content (AvgIpc) is 3.37. The number of thiophene rings is 1. The summed E-state index contributed by atoms with van der Waals surface area (Å²) in [7, 11) is 0. The molecule has 5 rings (SSSR count). The van der Waals surface area contributed by atoms with Gasteiger partial charge in [-0.3, -0.25) is 4.79 Å². The fourth-order valence-corrected chi connectivity index (χ4v) is 5.48. The summed E-state index contributed by atoms with van der Waals surface area (Å²) in [4.78, 5) is 17.2. The van der Waals surface area contributed by atoms with Crippen LogP contribution < -0.4 is 5.73 Å². The number of nitrogens with zero attached hydrogens (tertiary/aromatic N) is 5. The van der Waals surface area contributed by atoms with Crippen molar-refractivity contribution in [2.24, 2.45) is 0 Å². The van der Waals surface area contributed by atoms with Crippen molar-refractivity contribution < 1.29 is 9.53 Å². The molecule has 1 aromatic carbocycles. The molecule has 2 aromatic heterocycles. The molecular formula is C20H22N6O2S. The minimum atomic E-state index is -0.290. The van der Waals surface area contributed by atoms with Crippen LogP contribution >= 0.6 is 11.3 Å². The highest BCUT2D eigenvalue weighted by molar-refractivity contribution is 7.15. The minimum absolute atomic E-state index is 0.0230. The standard InChI is InChI=1S/C20H22N6O2S/c21-19-22-23-24-26(19)13-18(27)25-9-7-20(8-10-25)15-12-17(14-4-2-1-3-5-14)29-16(15)6-11-28-20/h1-5,12H,6-11,13H2,(H2,21,22,24). The van der Waals surface area contributed by atoms with Crippen molar-refractivity contribution in [2.75, 3.05) is 25.4 Å². The second-order valence-corrected chi connectivity index (χ2v) is 8.62. The molecule has 3 aromatic rings. The van der Waals surface area contributed by atoms with E-state index in [1.807, 2.05) is 22.3 Å². The molecule has 1 saturated heterocycles. The predicted octanol–water partition coefficient (Wildman–Crippen LogP) is 2.07. The quantitative estimate of drug-likeness (QED) is 0.710. The number of anilines is 1. The van der Waals surface area contributed by atoms with E-state index in [1.165, 1.54) is 25.6 Å². The number of carbonyl (C=O) groups excluding carboxylic acids is 1. The van der Waals surface area contributed by atoms with E-state index in [-0.39, 0.29) is 24.0 Å². The predicted molar refractivity (Wildman–Crippen MR) is 109 cm³/mol. The topological polar surface area (TPSA) is 99.2 Å². The number of nitrogens with two attached hydrogens (primary N) is 1. The van der Waals surface area contributed by atoms with Crippen molar-refractivity contribution in [2.45, 2.75) is 31.4 Å².